The number of amides is 2. The first-order valence-corrected chi connectivity index (χ1v) is 6.22. The fourth-order valence-corrected chi connectivity index (χ4v) is 1.86. The van der Waals surface area contributed by atoms with Gasteiger partial charge < -0.3 is 15.7 Å². The third-order valence-electron chi connectivity index (χ3n) is 2.13. The molecule has 3 N–H and O–H groups in total. The number of primary amides is 1. The lowest BCUT2D eigenvalue weighted by atomic mass is 10.2. The molecule has 0 aliphatic heterocycles. The van der Waals surface area contributed by atoms with E-state index in [1.54, 1.807) is 0 Å². The number of carbonyl (C=O) groups is 3. The van der Waals surface area contributed by atoms with Gasteiger partial charge in [-0.25, -0.2) is 0 Å². The van der Waals surface area contributed by atoms with Gasteiger partial charge in [-0.2, -0.15) is 0 Å². The van der Waals surface area contributed by atoms with Crippen molar-refractivity contribution >= 4 is 45.3 Å². The monoisotopic (exact) mass is 348 g/mol. The maximum atomic E-state index is 12.1. The first-order valence-electron chi connectivity index (χ1n) is 5.05. The van der Waals surface area contributed by atoms with Gasteiger partial charge in [0.05, 0.1) is 5.02 Å². The highest BCUT2D eigenvalue weighted by Gasteiger charge is 2.20. The van der Waals surface area contributed by atoms with E-state index in [1.165, 1.54) is 18.2 Å². The number of carboxylic acids is 1. The van der Waals surface area contributed by atoms with Crippen LogP contribution in [-0.4, -0.2) is 40.9 Å². The summed E-state index contributed by atoms with van der Waals surface area (Å²) in [5.41, 5.74) is 5.19. The third-order valence-corrected chi connectivity index (χ3v) is 3.34. The topological polar surface area (TPSA) is 101 Å². The summed E-state index contributed by atoms with van der Waals surface area (Å²) in [5, 5.41) is 9.13. The van der Waals surface area contributed by atoms with Gasteiger partial charge in [-0.1, -0.05) is 11.6 Å². The minimum atomic E-state index is -1.23. The molecular weight excluding hydrogens is 339 g/mol. The fourth-order valence-electron chi connectivity index (χ4n) is 1.36. The highest BCUT2D eigenvalue weighted by molar-refractivity contribution is 9.10. The molecule has 0 radical (unpaired) electrons. The number of hydrogen-bond acceptors (Lipinski definition) is 3. The molecule has 1 aromatic carbocycles. The van der Waals surface area contributed by atoms with Gasteiger partial charge in [0.1, 0.15) is 13.1 Å². The number of benzene rings is 1. The van der Waals surface area contributed by atoms with E-state index in [0.717, 1.165) is 4.90 Å². The SMILES string of the molecule is NC(=O)CN(CC(=O)O)C(=O)c1ccc(Cl)c(Br)c1. The molecule has 8 heteroatoms. The first-order chi connectivity index (χ1) is 8.81. The van der Waals surface area contributed by atoms with Gasteiger partial charge in [-0.3, -0.25) is 14.4 Å². The summed E-state index contributed by atoms with van der Waals surface area (Å²) in [5.74, 6) is -2.64. The first kappa shape index (κ1) is 15.5. The largest absolute Gasteiger partial charge is 0.480 e. The molecule has 1 aromatic rings. The lowest BCUT2D eigenvalue weighted by Gasteiger charge is -2.19. The summed E-state index contributed by atoms with van der Waals surface area (Å²) in [4.78, 5) is 34.4. The van der Waals surface area contributed by atoms with Crippen molar-refractivity contribution < 1.29 is 19.5 Å². The molecule has 0 atom stereocenters. The van der Waals surface area contributed by atoms with Crippen molar-refractivity contribution in [1.29, 1.82) is 0 Å². The summed E-state index contributed by atoms with van der Waals surface area (Å²) in [6, 6.07) is 4.37. The average molecular weight is 350 g/mol. The van der Waals surface area contributed by atoms with Gasteiger partial charge in [0.15, 0.2) is 0 Å². The Morgan fingerprint density at radius 3 is 2.42 bits per heavy atom. The van der Waals surface area contributed by atoms with Crippen LogP contribution in [0.1, 0.15) is 10.4 Å². The average Bonchev–Trinajstić information content (AvgIpc) is 2.29. The van der Waals surface area contributed by atoms with Crippen LogP contribution in [0, 0.1) is 0 Å². The van der Waals surface area contributed by atoms with Crippen molar-refractivity contribution in [1.82, 2.24) is 4.90 Å². The minimum absolute atomic E-state index is 0.207. The lowest BCUT2D eigenvalue weighted by molar-refractivity contribution is -0.138. The molecule has 0 aromatic heterocycles. The zero-order valence-electron chi connectivity index (χ0n) is 9.60. The molecule has 0 aliphatic rings. The van der Waals surface area contributed by atoms with Crippen molar-refractivity contribution in [2.45, 2.75) is 0 Å². The van der Waals surface area contributed by atoms with Crippen LogP contribution >= 0.6 is 27.5 Å². The molecule has 102 valence electrons. The molecule has 0 fully saturated rings. The van der Waals surface area contributed by atoms with Crippen LogP contribution in [0.2, 0.25) is 5.02 Å². The van der Waals surface area contributed by atoms with E-state index in [1.807, 2.05) is 0 Å². The van der Waals surface area contributed by atoms with Crippen LogP contribution in [0.25, 0.3) is 0 Å². The maximum Gasteiger partial charge on any atom is 0.323 e. The van der Waals surface area contributed by atoms with Crippen LogP contribution in [0.15, 0.2) is 22.7 Å². The Labute approximate surface area is 122 Å². The third kappa shape index (κ3) is 4.53. The van der Waals surface area contributed by atoms with Crippen molar-refractivity contribution in [2.75, 3.05) is 13.1 Å². The molecule has 6 nitrogen and oxygen atoms in total. The maximum absolute atomic E-state index is 12.1. The zero-order chi connectivity index (χ0) is 14.6. The van der Waals surface area contributed by atoms with Crippen LogP contribution in [0.5, 0.6) is 0 Å². The van der Waals surface area contributed by atoms with E-state index in [0.29, 0.717) is 9.50 Å². The Morgan fingerprint density at radius 2 is 1.95 bits per heavy atom. The van der Waals surface area contributed by atoms with Crippen molar-refractivity contribution in [3.63, 3.8) is 0 Å². The fraction of sp³-hybridized carbons (Fsp3) is 0.182. The van der Waals surface area contributed by atoms with Crippen molar-refractivity contribution in [3.8, 4) is 0 Å². The molecule has 0 saturated carbocycles. The molecule has 0 saturated heterocycles. The van der Waals surface area contributed by atoms with Crippen LogP contribution in [0.4, 0.5) is 0 Å². The number of carbonyl (C=O) groups excluding carboxylic acids is 2. The van der Waals surface area contributed by atoms with E-state index >= 15 is 0 Å². The van der Waals surface area contributed by atoms with Crippen LogP contribution in [0.3, 0.4) is 0 Å². The van der Waals surface area contributed by atoms with Gasteiger partial charge in [-0.05, 0) is 34.1 Å². The number of rotatable bonds is 5. The van der Waals surface area contributed by atoms with Gasteiger partial charge in [0.2, 0.25) is 5.91 Å². The summed E-state index contributed by atoms with van der Waals surface area (Å²) in [6.45, 7) is -1.08. The normalized spacial score (nSPS) is 10.0. The van der Waals surface area contributed by atoms with Gasteiger partial charge in [0.25, 0.3) is 5.91 Å². The molecule has 19 heavy (non-hydrogen) atoms. The van der Waals surface area contributed by atoms with Crippen molar-refractivity contribution in [3.05, 3.63) is 33.3 Å². The molecule has 1 rings (SSSR count). The van der Waals surface area contributed by atoms with Crippen LogP contribution < -0.4 is 5.73 Å². The van der Waals surface area contributed by atoms with Crippen molar-refractivity contribution in [2.24, 2.45) is 5.73 Å². The number of aliphatic carboxylic acids is 1. The lowest BCUT2D eigenvalue weighted by Crippen LogP contribution is -2.41. The molecule has 0 unspecified atom stereocenters. The molecule has 0 bridgehead atoms. The Morgan fingerprint density at radius 1 is 1.32 bits per heavy atom. The highest BCUT2D eigenvalue weighted by Crippen LogP contribution is 2.23. The Kier molecular flexibility index (Phi) is 5.31. The van der Waals surface area contributed by atoms with E-state index in [2.05, 4.69) is 15.9 Å². The number of nitrogens with zero attached hydrogens (tertiary/aromatic N) is 1. The standard InChI is InChI=1S/C11H10BrClN2O4/c12-7-3-6(1-2-8(7)13)11(19)15(4-9(14)16)5-10(17)18/h1-3H,4-5H2,(H2,14,16)(H,17,18). The molecule has 0 spiro atoms. The summed E-state index contributed by atoms with van der Waals surface area (Å²) >= 11 is 8.95. The summed E-state index contributed by atoms with van der Waals surface area (Å²) in [7, 11) is 0. The van der Waals surface area contributed by atoms with Gasteiger partial charge >= 0.3 is 5.97 Å². The Balaban J connectivity index is 3.00. The van der Waals surface area contributed by atoms with E-state index in [9.17, 15) is 14.4 Å². The number of carboxylic acid groups (broad SMARTS) is 1. The number of nitrogens with two attached hydrogens (primary N) is 1. The number of halogens is 2. The Hall–Kier alpha value is -1.60. The van der Waals surface area contributed by atoms with Gasteiger partial charge in [-0.15, -0.1) is 0 Å². The van der Waals surface area contributed by atoms with E-state index < -0.39 is 30.9 Å². The van der Waals surface area contributed by atoms with Gasteiger partial charge in [0, 0.05) is 10.0 Å². The Bertz CT molecular complexity index is 519. The highest BCUT2D eigenvalue weighted by atomic mass is 79.9. The van der Waals surface area contributed by atoms with E-state index in [4.69, 9.17) is 22.4 Å². The smallest absolute Gasteiger partial charge is 0.323 e. The molecule has 0 heterocycles. The molecular formula is C11H10BrClN2O4. The van der Waals surface area contributed by atoms with Crippen LogP contribution in [-0.2, 0) is 9.59 Å². The molecule has 0 aliphatic carbocycles. The summed E-state index contributed by atoms with van der Waals surface area (Å²) in [6.07, 6.45) is 0. The predicted molar refractivity (Wildman–Crippen MR) is 71.9 cm³/mol. The summed E-state index contributed by atoms with van der Waals surface area (Å²) < 4.78 is 0.495. The molecule has 2 amide bonds. The predicted octanol–water partition coefficient (Wildman–Crippen LogP) is 1.11. The number of hydrogen-bond donors (Lipinski definition) is 2. The quantitative estimate of drug-likeness (QED) is 0.831. The zero-order valence-corrected chi connectivity index (χ0v) is 11.9. The minimum Gasteiger partial charge on any atom is -0.480 e. The second-order valence-corrected chi connectivity index (χ2v) is 4.91. The van der Waals surface area contributed by atoms with E-state index in [-0.39, 0.29) is 5.56 Å². The second-order valence-electron chi connectivity index (χ2n) is 3.65. The second kappa shape index (κ2) is 6.53.